The fourth-order valence-corrected chi connectivity index (χ4v) is 2.41. The number of furan rings is 1. The molecule has 0 bridgehead atoms. The van der Waals surface area contributed by atoms with E-state index in [9.17, 15) is 14.4 Å². The third-order valence-corrected chi connectivity index (χ3v) is 3.82. The molecule has 1 heterocycles. The maximum Gasteiger partial charge on any atom is 0.375 e. The lowest BCUT2D eigenvalue weighted by Gasteiger charge is -2.13. The van der Waals surface area contributed by atoms with Crippen LogP contribution in [0.4, 0.5) is 5.69 Å². The smallest absolute Gasteiger partial charge is 0.375 e. The van der Waals surface area contributed by atoms with Crippen LogP contribution >= 0.6 is 0 Å². The summed E-state index contributed by atoms with van der Waals surface area (Å²) >= 11 is 0. The maximum absolute atomic E-state index is 12.2. The second kappa shape index (κ2) is 7.23. The second-order valence-electron chi connectivity index (χ2n) is 5.82. The average molecular weight is 351 g/mol. The molecule has 1 amide bonds. The highest BCUT2D eigenvalue weighted by Gasteiger charge is 2.21. The van der Waals surface area contributed by atoms with Gasteiger partial charge in [-0.3, -0.25) is 9.59 Å². The lowest BCUT2D eigenvalue weighted by atomic mass is 10.1. The van der Waals surface area contributed by atoms with E-state index in [1.54, 1.807) is 42.5 Å². The fourth-order valence-electron chi connectivity index (χ4n) is 2.41. The number of rotatable bonds is 5. The number of carbonyl (C=O) groups is 3. The molecule has 2 aromatic carbocycles. The van der Waals surface area contributed by atoms with Crippen molar-refractivity contribution < 1.29 is 23.5 Å². The summed E-state index contributed by atoms with van der Waals surface area (Å²) in [5, 5.41) is 3.40. The summed E-state index contributed by atoms with van der Waals surface area (Å²) in [5.41, 5.74) is 1.50. The van der Waals surface area contributed by atoms with Gasteiger partial charge in [-0.15, -0.1) is 0 Å². The molecule has 0 saturated carbocycles. The molecule has 1 N–H and O–H groups in total. The number of carbonyl (C=O) groups excluding carboxylic acids is 3. The third-order valence-electron chi connectivity index (χ3n) is 3.82. The van der Waals surface area contributed by atoms with E-state index in [2.05, 4.69) is 5.32 Å². The quantitative estimate of drug-likeness (QED) is 0.558. The molecule has 3 aromatic rings. The fraction of sp³-hybridized carbons (Fsp3) is 0.150. The van der Waals surface area contributed by atoms with Gasteiger partial charge in [-0.2, -0.15) is 0 Å². The summed E-state index contributed by atoms with van der Waals surface area (Å²) in [6.07, 6.45) is -1.03. The molecular weight excluding hydrogens is 334 g/mol. The van der Waals surface area contributed by atoms with E-state index in [0.717, 1.165) is 5.39 Å². The van der Waals surface area contributed by atoms with Gasteiger partial charge >= 0.3 is 5.97 Å². The van der Waals surface area contributed by atoms with Crippen LogP contribution in [0, 0.1) is 0 Å². The van der Waals surface area contributed by atoms with Crippen LogP contribution in [0.2, 0.25) is 0 Å². The first kappa shape index (κ1) is 17.4. The van der Waals surface area contributed by atoms with E-state index in [4.69, 9.17) is 9.15 Å². The number of amides is 1. The van der Waals surface area contributed by atoms with Gasteiger partial charge in [0.25, 0.3) is 5.91 Å². The number of anilines is 1. The number of benzene rings is 2. The van der Waals surface area contributed by atoms with Crippen LogP contribution < -0.4 is 5.32 Å². The van der Waals surface area contributed by atoms with Crippen molar-refractivity contribution in [2.75, 3.05) is 5.32 Å². The number of ether oxygens (including phenoxy) is 1. The molecule has 0 saturated heterocycles. The lowest BCUT2D eigenvalue weighted by molar-refractivity contribution is -0.123. The monoisotopic (exact) mass is 351 g/mol. The third kappa shape index (κ3) is 3.80. The molecule has 3 rings (SSSR count). The largest absolute Gasteiger partial charge is 0.449 e. The van der Waals surface area contributed by atoms with Crippen LogP contribution in [0.3, 0.4) is 0 Å². The number of ketones is 1. The summed E-state index contributed by atoms with van der Waals surface area (Å²) in [5.74, 6) is -1.30. The summed E-state index contributed by atoms with van der Waals surface area (Å²) in [4.78, 5) is 35.8. The first-order valence-electron chi connectivity index (χ1n) is 8.05. The van der Waals surface area contributed by atoms with Crippen molar-refractivity contribution in [2.45, 2.75) is 20.0 Å². The number of para-hydroxylation sites is 1. The minimum atomic E-state index is -1.03. The van der Waals surface area contributed by atoms with Gasteiger partial charge in [-0.1, -0.05) is 30.3 Å². The minimum absolute atomic E-state index is 0.0319. The lowest BCUT2D eigenvalue weighted by Crippen LogP contribution is -2.29. The molecule has 26 heavy (non-hydrogen) atoms. The molecule has 0 fully saturated rings. The van der Waals surface area contributed by atoms with E-state index in [-0.39, 0.29) is 11.5 Å². The van der Waals surface area contributed by atoms with Crippen LogP contribution in [-0.4, -0.2) is 23.8 Å². The highest BCUT2D eigenvalue weighted by molar-refractivity contribution is 5.99. The normalized spacial score (nSPS) is 11.8. The number of fused-ring (bicyclic) bond motifs is 1. The summed E-state index contributed by atoms with van der Waals surface area (Å²) in [6.45, 7) is 2.91. The summed E-state index contributed by atoms with van der Waals surface area (Å²) in [7, 11) is 0. The first-order chi connectivity index (χ1) is 12.4. The van der Waals surface area contributed by atoms with Gasteiger partial charge in [-0.25, -0.2) is 4.79 Å². The van der Waals surface area contributed by atoms with Crippen LogP contribution in [0.1, 0.15) is 34.8 Å². The molecule has 1 aromatic heterocycles. The number of hydrogen-bond acceptors (Lipinski definition) is 5. The summed E-state index contributed by atoms with van der Waals surface area (Å²) < 4.78 is 10.6. The summed E-state index contributed by atoms with van der Waals surface area (Å²) in [6, 6.07) is 15.3. The standard InChI is InChI=1S/C20H17NO5/c1-12(22)14-7-5-8-16(10-14)21-19(23)13(2)25-20(24)18-11-15-6-3-4-9-17(15)26-18/h3-11,13H,1-2H3,(H,21,23)/t13-/m0/s1. The predicted octanol–water partition coefficient (Wildman–Crippen LogP) is 3.82. The molecule has 0 aliphatic carbocycles. The van der Waals surface area contributed by atoms with Gasteiger partial charge in [0.05, 0.1) is 0 Å². The highest BCUT2D eigenvalue weighted by Crippen LogP contribution is 2.20. The van der Waals surface area contributed by atoms with Gasteiger partial charge in [0.1, 0.15) is 5.58 Å². The Hall–Kier alpha value is -3.41. The van der Waals surface area contributed by atoms with Gasteiger partial charge < -0.3 is 14.5 Å². The van der Waals surface area contributed by atoms with Crippen LogP contribution in [0.15, 0.2) is 59.0 Å². The molecule has 0 spiro atoms. The van der Waals surface area contributed by atoms with E-state index in [1.807, 2.05) is 12.1 Å². The average Bonchev–Trinajstić information content (AvgIpc) is 3.06. The van der Waals surface area contributed by atoms with Gasteiger partial charge in [0.15, 0.2) is 11.9 Å². The predicted molar refractivity (Wildman–Crippen MR) is 96.2 cm³/mol. The molecule has 0 radical (unpaired) electrons. The van der Waals surface area contributed by atoms with Crippen molar-refractivity contribution in [1.82, 2.24) is 0 Å². The van der Waals surface area contributed by atoms with Crippen molar-refractivity contribution in [2.24, 2.45) is 0 Å². The van der Waals surface area contributed by atoms with E-state index in [1.165, 1.54) is 13.8 Å². The zero-order valence-corrected chi connectivity index (χ0v) is 14.3. The van der Waals surface area contributed by atoms with Crippen LogP contribution in [0.5, 0.6) is 0 Å². The van der Waals surface area contributed by atoms with Crippen molar-refractivity contribution >= 4 is 34.3 Å². The number of Topliss-reactive ketones (excluding diaryl/α,β-unsaturated/α-hetero) is 1. The molecule has 6 nitrogen and oxygen atoms in total. The van der Waals surface area contributed by atoms with Gasteiger partial charge in [0, 0.05) is 16.6 Å². The van der Waals surface area contributed by atoms with Crippen molar-refractivity contribution in [3.63, 3.8) is 0 Å². The Morgan fingerprint density at radius 1 is 1.04 bits per heavy atom. The zero-order chi connectivity index (χ0) is 18.7. The Balaban J connectivity index is 1.66. The minimum Gasteiger partial charge on any atom is -0.449 e. The first-order valence-corrected chi connectivity index (χ1v) is 8.05. The van der Waals surface area contributed by atoms with E-state index >= 15 is 0 Å². The number of esters is 1. The molecule has 0 aliphatic rings. The van der Waals surface area contributed by atoms with Crippen molar-refractivity contribution in [3.8, 4) is 0 Å². The van der Waals surface area contributed by atoms with Gasteiger partial charge in [0.2, 0.25) is 5.76 Å². The number of nitrogens with one attached hydrogen (secondary N) is 1. The molecular formula is C20H17NO5. The highest BCUT2D eigenvalue weighted by atomic mass is 16.6. The van der Waals surface area contributed by atoms with Crippen molar-refractivity contribution in [3.05, 3.63) is 65.9 Å². The molecule has 1 atom stereocenters. The van der Waals surface area contributed by atoms with E-state index < -0.39 is 18.0 Å². The Morgan fingerprint density at radius 3 is 2.54 bits per heavy atom. The Labute approximate surface area is 149 Å². The zero-order valence-electron chi connectivity index (χ0n) is 14.3. The number of hydrogen-bond donors (Lipinski definition) is 1. The Bertz CT molecular complexity index is 956. The Morgan fingerprint density at radius 2 is 1.81 bits per heavy atom. The van der Waals surface area contributed by atoms with Crippen LogP contribution in [-0.2, 0) is 9.53 Å². The van der Waals surface area contributed by atoms with Gasteiger partial charge in [-0.05, 0) is 38.1 Å². The second-order valence-corrected chi connectivity index (χ2v) is 5.82. The SMILES string of the molecule is CC(=O)c1cccc(NC(=O)[C@H](C)OC(=O)c2cc3ccccc3o2)c1. The molecule has 132 valence electrons. The topological polar surface area (TPSA) is 85.6 Å². The molecule has 0 aliphatic heterocycles. The van der Waals surface area contributed by atoms with E-state index in [0.29, 0.717) is 16.8 Å². The van der Waals surface area contributed by atoms with Crippen molar-refractivity contribution in [1.29, 1.82) is 0 Å². The Kier molecular flexibility index (Phi) is 4.84. The van der Waals surface area contributed by atoms with Crippen LogP contribution in [0.25, 0.3) is 11.0 Å². The maximum atomic E-state index is 12.2. The molecule has 6 heteroatoms. The molecule has 0 unspecified atom stereocenters.